The van der Waals surface area contributed by atoms with E-state index >= 15 is 0 Å². The van der Waals surface area contributed by atoms with E-state index in [9.17, 15) is 13.2 Å². The highest BCUT2D eigenvalue weighted by molar-refractivity contribution is 6.30. The molecule has 106 valence electrons. The molecule has 1 aliphatic carbocycles. The summed E-state index contributed by atoms with van der Waals surface area (Å²) < 4.78 is 40.1. The van der Waals surface area contributed by atoms with Gasteiger partial charge >= 0.3 is 6.18 Å². The van der Waals surface area contributed by atoms with E-state index in [0.717, 1.165) is 12.8 Å². The van der Waals surface area contributed by atoms with Gasteiger partial charge in [0.25, 0.3) is 0 Å². The third kappa shape index (κ3) is 4.67. The molecule has 1 aromatic carbocycles. The summed E-state index contributed by atoms with van der Waals surface area (Å²) >= 11 is 5.91. The van der Waals surface area contributed by atoms with Crippen molar-refractivity contribution in [2.75, 3.05) is 19.8 Å². The highest BCUT2D eigenvalue weighted by atomic mass is 35.5. The number of benzene rings is 1. The monoisotopic (exact) mass is 293 g/mol. The minimum atomic E-state index is -4.25. The molecular weight excluding hydrogens is 279 g/mol. The number of nitrogens with one attached hydrogen (secondary N) is 1. The van der Waals surface area contributed by atoms with Gasteiger partial charge in [0, 0.05) is 17.6 Å². The number of ether oxygens (including phenoxy) is 1. The van der Waals surface area contributed by atoms with E-state index in [0.29, 0.717) is 11.6 Å². The predicted octanol–water partition coefficient (Wildman–Crippen LogP) is 2.98. The van der Waals surface area contributed by atoms with Crippen molar-refractivity contribution in [2.45, 2.75) is 25.1 Å². The van der Waals surface area contributed by atoms with Crippen LogP contribution in [0.3, 0.4) is 0 Å². The van der Waals surface area contributed by atoms with Gasteiger partial charge < -0.3 is 10.1 Å². The van der Waals surface area contributed by atoms with Gasteiger partial charge in [-0.2, -0.15) is 13.2 Å². The fraction of sp³-hybridized carbons (Fsp3) is 0.538. The predicted molar refractivity (Wildman–Crippen MR) is 67.5 cm³/mol. The van der Waals surface area contributed by atoms with Crippen molar-refractivity contribution in [3.05, 3.63) is 34.3 Å². The van der Waals surface area contributed by atoms with Crippen LogP contribution < -0.4 is 5.32 Å². The third-order valence-electron chi connectivity index (χ3n) is 3.05. The molecule has 0 aromatic heterocycles. The van der Waals surface area contributed by atoms with E-state index in [1.54, 1.807) is 0 Å². The first-order valence-corrected chi connectivity index (χ1v) is 6.47. The quantitative estimate of drug-likeness (QED) is 0.843. The van der Waals surface area contributed by atoms with Crippen molar-refractivity contribution in [2.24, 2.45) is 0 Å². The maximum atomic E-state index is 11.8. The van der Waals surface area contributed by atoms with E-state index in [1.807, 2.05) is 18.2 Å². The van der Waals surface area contributed by atoms with Crippen LogP contribution in [0.15, 0.2) is 18.2 Å². The van der Waals surface area contributed by atoms with Gasteiger partial charge in [-0.05, 0) is 36.1 Å². The van der Waals surface area contributed by atoms with Crippen LogP contribution in [0.2, 0.25) is 5.02 Å². The SMILES string of the molecule is FC(F)(F)COCCNC1Cc2ccc(Cl)cc2C1. The fourth-order valence-electron chi connectivity index (χ4n) is 2.25. The zero-order valence-electron chi connectivity index (χ0n) is 10.3. The molecular formula is C13H15ClF3NO. The second-order valence-corrected chi connectivity index (χ2v) is 5.08. The first kappa shape index (κ1) is 14.6. The number of fused-ring (bicyclic) bond motifs is 1. The van der Waals surface area contributed by atoms with Gasteiger partial charge in [-0.1, -0.05) is 17.7 Å². The molecule has 1 aliphatic rings. The molecule has 0 spiro atoms. The highest BCUT2D eigenvalue weighted by Gasteiger charge is 2.27. The third-order valence-corrected chi connectivity index (χ3v) is 3.28. The summed E-state index contributed by atoms with van der Waals surface area (Å²) in [4.78, 5) is 0. The Kier molecular flexibility index (Phi) is 4.71. The summed E-state index contributed by atoms with van der Waals surface area (Å²) in [7, 11) is 0. The highest BCUT2D eigenvalue weighted by Crippen LogP contribution is 2.25. The van der Waals surface area contributed by atoms with Gasteiger partial charge in [-0.25, -0.2) is 0 Å². The lowest BCUT2D eigenvalue weighted by Crippen LogP contribution is -2.33. The molecule has 19 heavy (non-hydrogen) atoms. The molecule has 0 aliphatic heterocycles. The molecule has 2 rings (SSSR count). The Hall–Kier alpha value is -0.780. The Morgan fingerprint density at radius 1 is 1.26 bits per heavy atom. The van der Waals surface area contributed by atoms with E-state index in [1.165, 1.54) is 11.1 Å². The summed E-state index contributed by atoms with van der Waals surface area (Å²) in [5, 5.41) is 3.91. The summed E-state index contributed by atoms with van der Waals surface area (Å²) in [6.45, 7) is -0.704. The topological polar surface area (TPSA) is 21.3 Å². The van der Waals surface area contributed by atoms with Crippen molar-refractivity contribution in [1.29, 1.82) is 0 Å². The van der Waals surface area contributed by atoms with Crippen LogP contribution in [-0.2, 0) is 17.6 Å². The number of alkyl halides is 3. The van der Waals surface area contributed by atoms with Crippen molar-refractivity contribution in [3.63, 3.8) is 0 Å². The van der Waals surface area contributed by atoms with Gasteiger partial charge in [-0.3, -0.25) is 0 Å². The molecule has 0 heterocycles. The molecule has 1 aromatic rings. The largest absolute Gasteiger partial charge is 0.411 e. The molecule has 0 amide bonds. The molecule has 1 unspecified atom stereocenters. The number of rotatable bonds is 5. The average Bonchev–Trinajstić information content (AvgIpc) is 2.68. The Morgan fingerprint density at radius 2 is 2.00 bits per heavy atom. The van der Waals surface area contributed by atoms with E-state index in [4.69, 9.17) is 11.6 Å². The zero-order valence-corrected chi connectivity index (χ0v) is 11.0. The minimum absolute atomic E-state index is 0.0626. The maximum absolute atomic E-state index is 11.8. The number of hydrogen-bond donors (Lipinski definition) is 1. The van der Waals surface area contributed by atoms with Crippen LogP contribution in [-0.4, -0.2) is 32.0 Å². The van der Waals surface area contributed by atoms with Crippen molar-refractivity contribution < 1.29 is 17.9 Å². The molecule has 0 bridgehead atoms. The molecule has 1 N–H and O–H groups in total. The van der Waals surface area contributed by atoms with Crippen molar-refractivity contribution >= 4 is 11.6 Å². The first-order chi connectivity index (χ1) is 8.94. The summed E-state index contributed by atoms with van der Waals surface area (Å²) in [6.07, 6.45) is -2.51. The molecule has 1 atom stereocenters. The summed E-state index contributed by atoms with van der Waals surface area (Å²) in [6, 6.07) is 6.05. The lowest BCUT2D eigenvalue weighted by Gasteiger charge is -2.12. The average molecular weight is 294 g/mol. The molecule has 0 saturated carbocycles. The lowest BCUT2D eigenvalue weighted by atomic mass is 10.1. The number of halogens is 4. The normalized spacial score (nSPS) is 18.6. The Balaban J connectivity index is 1.67. The molecule has 6 heteroatoms. The van der Waals surface area contributed by atoms with Crippen LogP contribution >= 0.6 is 11.6 Å². The minimum Gasteiger partial charge on any atom is -0.371 e. The molecule has 0 saturated heterocycles. The second kappa shape index (κ2) is 6.11. The molecule has 2 nitrogen and oxygen atoms in total. The summed E-state index contributed by atoms with van der Waals surface area (Å²) in [5.74, 6) is 0. The molecule has 0 fully saturated rings. The Morgan fingerprint density at radius 3 is 2.74 bits per heavy atom. The van der Waals surface area contributed by atoms with Crippen LogP contribution in [0.5, 0.6) is 0 Å². The van der Waals surface area contributed by atoms with E-state index in [-0.39, 0.29) is 12.6 Å². The zero-order chi connectivity index (χ0) is 13.9. The lowest BCUT2D eigenvalue weighted by molar-refractivity contribution is -0.173. The maximum Gasteiger partial charge on any atom is 0.411 e. The van der Waals surface area contributed by atoms with Gasteiger partial charge in [0.05, 0.1) is 6.61 Å². The van der Waals surface area contributed by atoms with E-state index in [2.05, 4.69) is 10.1 Å². The van der Waals surface area contributed by atoms with Gasteiger partial charge in [0.15, 0.2) is 0 Å². The van der Waals surface area contributed by atoms with Gasteiger partial charge in [-0.15, -0.1) is 0 Å². The van der Waals surface area contributed by atoms with E-state index < -0.39 is 12.8 Å². The summed E-state index contributed by atoms with van der Waals surface area (Å²) in [5.41, 5.74) is 2.46. The van der Waals surface area contributed by atoms with Crippen molar-refractivity contribution in [3.8, 4) is 0 Å². The van der Waals surface area contributed by atoms with Crippen LogP contribution in [0.25, 0.3) is 0 Å². The smallest absolute Gasteiger partial charge is 0.371 e. The van der Waals surface area contributed by atoms with Gasteiger partial charge in [0.2, 0.25) is 0 Å². The standard InChI is InChI=1S/C13H15ClF3NO/c14-11-2-1-9-6-12(7-10(9)5-11)18-3-4-19-8-13(15,16)17/h1-2,5,12,18H,3-4,6-8H2. The first-order valence-electron chi connectivity index (χ1n) is 6.09. The Labute approximate surface area is 114 Å². The molecule has 0 radical (unpaired) electrons. The van der Waals surface area contributed by atoms with Crippen molar-refractivity contribution in [1.82, 2.24) is 5.32 Å². The second-order valence-electron chi connectivity index (χ2n) is 4.64. The number of hydrogen-bond acceptors (Lipinski definition) is 2. The van der Waals surface area contributed by atoms with Crippen LogP contribution in [0, 0.1) is 0 Å². The Bertz CT molecular complexity index is 436. The van der Waals surface area contributed by atoms with Gasteiger partial charge in [0.1, 0.15) is 6.61 Å². The fourth-order valence-corrected chi connectivity index (χ4v) is 2.45. The van der Waals surface area contributed by atoms with Crippen LogP contribution in [0.1, 0.15) is 11.1 Å². The van der Waals surface area contributed by atoms with Crippen LogP contribution in [0.4, 0.5) is 13.2 Å².